The lowest BCUT2D eigenvalue weighted by molar-refractivity contribution is -0.137. The highest BCUT2D eigenvalue weighted by Crippen LogP contribution is 2.34. The van der Waals surface area contributed by atoms with Crippen LogP contribution in [0.1, 0.15) is 36.0 Å². The number of ether oxygens (including phenoxy) is 1. The van der Waals surface area contributed by atoms with Crippen molar-refractivity contribution in [1.29, 1.82) is 0 Å². The lowest BCUT2D eigenvalue weighted by Crippen LogP contribution is -2.09. The number of benzene rings is 1. The molecule has 2 aromatic rings. The number of carboxylic acids is 1. The molecule has 0 fully saturated rings. The molecule has 1 aromatic carbocycles. The molecule has 140 valence electrons. The van der Waals surface area contributed by atoms with E-state index >= 15 is 0 Å². The Morgan fingerprint density at radius 3 is 2.81 bits per heavy atom. The molecule has 2 rings (SSSR count). The Balaban J connectivity index is 1.86. The summed E-state index contributed by atoms with van der Waals surface area (Å²) in [6, 6.07) is 7.79. The Morgan fingerprint density at radius 1 is 1.31 bits per heavy atom. The standard InChI is InChI=1S/C20H25ClN2O3/c1-14-13-16(7-5-9-18(24)25)15(2)19(21)20(14)26-12-6-11-23-17-8-3-4-10-22-17/h3-4,8,10,13H,5-7,9,11-12H2,1-2H3,(H,22,23)(H,24,25). The second-order valence-corrected chi connectivity index (χ2v) is 6.59. The second-order valence-electron chi connectivity index (χ2n) is 6.21. The molecular formula is C20H25ClN2O3. The van der Waals surface area contributed by atoms with Crippen molar-refractivity contribution in [3.8, 4) is 5.75 Å². The zero-order valence-electron chi connectivity index (χ0n) is 15.2. The fraction of sp³-hybridized carbons (Fsp3) is 0.400. The third kappa shape index (κ3) is 5.92. The van der Waals surface area contributed by atoms with Crippen molar-refractivity contribution < 1.29 is 14.6 Å². The van der Waals surface area contributed by atoms with E-state index in [1.165, 1.54) is 0 Å². The van der Waals surface area contributed by atoms with Gasteiger partial charge in [0.05, 0.1) is 11.6 Å². The third-order valence-corrected chi connectivity index (χ3v) is 4.59. The third-order valence-electron chi connectivity index (χ3n) is 4.13. The molecule has 5 nitrogen and oxygen atoms in total. The van der Waals surface area contributed by atoms with E-state index in [4.69, 9.17) is 21.4 Å². The number of anilines is 1. The Labute approximate surface area is 159 Å². The van der Waals surface area contributed by atoms with Gasteiger partial charge in [-0.1, -0.05) is 23.7 Å². The van der Waals surface area contributed by atoms with Crippen LogP contribution in [0.4, 0.5) is 5.82 Å². The van der Waals surface area contributed by atoms with Crippen LogP contribution >= 0.6 is 11.6 Å². The summed E-state index contributed by atoms with van der Waals surface area (Å²) in [7, 11) is 0. The minimum atomic E-state index is -0.773. The van der Waals surface area contributed by atoms with Crippen molar-refractivity contribution >= 4 is 23.4 Å². The van der Waals surface area contributed by atoms with Crippen LogP contribution in [0.25, 0.3) is 0 Å². The molecule has 2 N–H and O–H groups in total. The molecule has 0 unspecified atom stereocenters. The van der Waals surface area contributed by atoms with Crippen LogP contribution in [0.15, 0.2) is 30.5 Å². The molecule has 0 aliphatic rings. The molecule has 26 heavy (non-hydrogen) atoms. The van der Waals surface area contributed by atoms with Crippen molar-refractivity contribution in [3.05, 3.63) is 52.2 Å². The van der Waals surface area contributed by atoms with Crippen LogP contribution in [0, 0.1) is 13.8 Å². The van der Waals surface area contributed by atoms with Gasteiger partial charge in [0, 0.05) is 19.2 Å². The monoisotopic (exact) mass is 376 g/mol. The molecule has 0 spiro atoms. The molecule has 1 heterocycles. The fourth-order valence-corrected chi connectivity index (χ4v) is 3.04. The van der Waals surface area contributed by atoms with Crippen molar-refractivity contribution in [2.75, 3.05) is 18.5 Å². The quantitative estimate of drug-likeness (QED) is 0.591. The fourth-order valence-electron chi connectivity index (χ4n) is 2.72. The van der Waals surface area contributed by atoms with Crippen LogP contribution < -0.4 is 10.1 Å². The molecule has 0 atom stereocenters. The number of halogens is 1. The number of rotatable bonds is 10. The first-order chi connectivity index (χ1) is 12.5. The first-order valence-corrected chi connectivity index (χ1v) is 9.15. The predicted molar refractivity (Wildman–Crippen MR) is 104 cm³/mol. The summed E-state index contributed by atoms with van der Waals surface area (Å²) in [5.41, 5.74) is 3.02. The van der Waals surface area contributed by atoms with E-state index in [0.29, 0.717) is 30.2 Å². The van der Waals surface area contributed by atoms with Gasteiger partial charge >= 0.3 is 5.97 Å². The highest BCUT2D eigenvalue weighted by molar-refractivity contribution is 6.33. The van der Waals surface area contributed by atoms with Gasteiger partial charge in [0.1, 0.15) is 11.6 Å². The van der Waals surface area contributed by atoms with E-state index in [2.05, 4.69) is 10.3 Å². The van der Waals surface area contributed by atoms with Gasteiger partial charge in [0.2, 0.25) is 0 Å². The van der Waals surface area contributed by atoms with Gasteiger partial charge in [0.25, 0.3) is 0 Å². The number of aryl methyl sites for hydroxylation is 2. The molecular weight excluding hydrogens is 352 g/mol. The Bertz CT molecular complexity index is 736. The summed E-state index contributed by atoms with van der Waals surface area (Å²) in [4.78, 5) is 14.9. The first-order valence-electron chi connectivity index (χ1n) is 8.77. The van der Waals surface area contributed by atoms with Gasteiger partial charge in [-0.15, -0.1) is 0 Å². The number of nitrogens with one attached hydrogen (secondary N) is 1. The van der Waals surface area contributed by atoms with Crippen molar-refractivity contribution in [2.45, 2.75) is 39.5 Å². The van der Waals surface area contributed by atoms with Gasteiger partial charge in [-0.2, -0.15) is 0 Å². The van der Waals surface area contributed by atoms with E-state index in [1.807, 2.05) is 38.1 Å². The van der Waals surface area contributed by atoms with Crippen molar-refractivity contribution in [2.24, 2.45) is 0 Å². The minimum Gasteiger partial charge on any atom is -0.492 e. The van der Waals surface area contributed by atoms with Crippen LogP contribution in [0.2, 0.25) is 5.02 Å². The maximum Gasteiger partial charge on any atom is 0.303 e. The van der Waals surface area contributed by atoms with Crippen LogP contribution in [-0.4, -0.2) is 29.2 Å². The van der Waals surface area contributed by atoms with E-state index < -0.39 is 5.97 Å². The molecule has 0 bridgehead atoms. The van der Waals surface area contributed by atoms with Crippen LogP contribution in [-0.2, 0) is 11.2 Å². The van der Waals surface area contributed by atoms with Gasteiger partial charge in [-0.05, 0) is 61.9 Å². The highest BCUT2D eigenvalue weighted by atomic mass is 35.5. The number of carbonyl (C=O) groups is 1. The Hall–Kier alpha value is -2.27. The average molecular weight is 377 g/mol. The van der Waals surface area contributed by atoms with Crippen molar-refractivity contribution in [1.82, 2.24) is 4.98 Å². The van der Waals surface area contributed by atoms with Crippen molar-refractivity contribution in [3.63, 3.8) is 0 Å². The molecule has 0 saturated heterocycles. The van der Waals surface area contributed by atoms with E-state index in [9.17, 15) is 4.79 Å². The van der Waals surface area contributed by atoms with Crippen LogP contribution in [0.5, 0.6) is 5.75 Å². The molecule has 0 aliphatic carbocycles. The predicted octanol–water partition coefficient (Wildman–Crippen LogP) is 4.64. The molecule has 1 aromatic heterocycles. The number of nitrogens with zero attached hydrogens (tertiary/aromatic N) is 1. The summed E-state index contributed by atoms with van der Waals surface area (Å²) in [5, 5.41) is 12.6. The zero-order chi connectivity index (χ0) is 18.9. The van der Waals surface area contributed by atoms with Gasteiger partial charge in [-0.25, -0.2) is 4.98 Å². The lowest BCUT2D eigenvalue weighted by atomic mass is 9.99. The second kappa shape index (κ2) is 10.0. The number of pyridine rings is 1. The molecule has 0 saturated carbocycles. The normalized spacial score (nSPS) is 10.6. The van der Waals surface area contributed by atoms with Crippen LogP contribution in [0.3, 0.4) is 0 Å². The largest absolute Gasteiger partial charge is 0.492 e. The number of hydrogen-bond acceptors (Lipinski definition) is 4. The Kier molecular flexibility index (Phi) is 7.73. The van der Waals surface area contributed by atoms with Gasteiger partial charge < -0.3 is 15.2 Å². The number of aromatic nitrogens is 1. The maximum atomic E-state index is 10.7. The van der Waals surface area contributed by atoms with E-state index in [0.717, 1.165) is 35.5 Å². The number of carboxylic acid groups (broad SMARTS) is 1. The topological polar surface area (TPSA) is 71.5 Å². The molecule has 0 radical (unpaired) electrons. The molecule has 0 amide bonds. The summed E-state index contributed by atoms with van der Waals surface area (Å²) >= 11 is 6.49. The lowest BCUT2D eigenvalue weighted by Gasteiger charge is -2.16. The maximum absolute atomic E-state index is 10.7. The molecule has 6 heteroatoms. The number of aliphatic carboxylic acids is 1. The van der Waals surface area contributed by atoms with E-state index in [-0.39, 0.29) is 6.42 Å². The first kappa shape index (κ1) is 20.0. The average Bonchev–Trinajstić information content (AvgIpc) is 2.62. The molecule has 0 aliphatic heterocycles. The summed E-state index contributed by atoms with van der Waals surface area (Å²) in [6.07, 6.45) is 4.05. The summed E-state index contributed by atoms with van der Waals surface area (Å²) in [5.74, 6) is 0.789. The smallest absolute Gasteiger partial charge is 0.303 e. The minimum absolute atomic E-state index is 0.164. The van der Waals surface area contributed by atoms with Gasteiger partial charge in [-0.3, -0.25) is 4.79 Å². The zero-order valence-corrected chi connectivity index (χ0v) is 16.0. The highest BCUT2D eigenvalue weighted by Gasteiger charge is 2.13. The van der Waals surface area contributed by atoms with E-state index in [1.54, 1.807) is 6.20 Å². The Morgan fingerprint density at radius 2 is 2.12 bits per heavy atom. The number of hydrogen-bond donors (Lipinski definition) is 2. The summed E-state index contributed by atoms with van der Waals surface area (Å²) in [6.45, 7) is 5.24. The SMILES string of the molecule is Cc1cc(CCCC(=O)O)c(C)c(Cl)c1OCCCNc1ccccn1. The van der Waals surface area contributed by atoms with Gasteiger partial charge in [0.15, 0.2) is 0 Å². The summed E-state index contributed by atoms with van der Waals surface area (Å²) < 4.78 is 5.90.